The number of rotatable bonds is 4. The second-order valence-corrected chi connectivity index (χ2v) is 6.77. The summed E-state index contributed by atoms with van der Waals surface area (Å²) >= 11 is 12.5. The third-order valence-corrected chi connectivity index (χ3v) is 4.67. The molecule has 0 fully saturated rings. The summed E-state index contributed by atoms with van der Waals surface area (Å²) in [6.07, 6.45) is 4.26. The van der Waals surface area contributed by atoms with E-state index in [9.17, 15) is 0 Å². The van der Waals surface area contributed by atoms with Crippen molar-refractivity contribution in [3.8, 4) is 22.5 Å². The fourth-order valence-corrected chi connectivity index (χ4v) is 3.39. The molecule has 0 radical (unpaired) electrons. The third-order valence-electron chi connectivity index (χ3n) is 4.12. The summed E-state index contributed by atoms with van der Waals surface area (Å²) in [6.45, 7) is 0. The van der Waals surface area contributed by atoms with E-state index in [2.05, 4.69) is 22.1 Å². The number of nitrogens with one attached hydrogen (secondary N) is 1. The highest BCUT2D eigenvalue weighted by atomic mass is 35.5. The van der Waals surface area contributed by atoms with E-state index in [1.807, 2.05) is 42.5 Å². The molecule has 0 amide bonds. The molecule has 0 saturated heterocycles. The van der Waals surface area contributed by atoms with E-state index in [1.165, 1.54) is 0 Å². The molecular weight excluding hydrogens is 365 g/mol. The zero-order valence-electron chi connectivity index (χ0n) is 13.8. The number of nitrogens with zero attached hydrogens (tertiary/aromatic N) is 2. The Morgan fingerprint density at radius 3 is 2.38 bits per heavy atom. The summed E-state index contributed by atoms with van der Waals surface area (Å²) in [6, 6.07) is 19.6. The topological polar surface area (TPSA) is 41.6 Å². The molecule has 26 heavy (non-hydrogen) atoms. The number of aromatic nitrogens is 3. The molecular formula is C21H15Cl2N3. The van der Waals surface area contributed by atoms with Crippen molar-refractivity contribution in [1.29, 1.82) is 0 Å². The number of benzene rings is 2. The average Bonchev–Trinajstić information content (AvgIpc) is 3.07. The van der Waals surface area contributed by atoms with Crippen molar-refractivity contribution in [1.82, 2.24) is 15.0 Å². The molecule has 5 heteroatoms. The maximum absolute atomic E-state index is 6.45. The first-order valence-electron chi connectivity index (χ1n) is 8.19. The highest BCUT2D eigenvalue weighted by Gasteiger charge is 2.17. The van der Waals surface area contributed by atoms with Crippen LogP contribution >= 0.6 is 23.2 Å². The molecule has 0 unspecified atom stereocenters. The molecule has 128 valence electrons. The molecule has 2 aromatic carbocycles. The van der Waals surface area contributed by atoms with Gasteiger partial charge in [-0.25, -0.2) is 4.98 Å². The minimum atomic E-state index is 0.580. The molecule has 0 aliphatic heterocycles. The Labute approximate surface area is 161 Å². The number of imidazole rings is 1. The summed E-state index contributed by atoms with van der Waals surface area (Å²) in [5.74, 6) is 0.871. The van der Waals surface area contributed by atoms with Crippen LogP contribution in [0.1, 0.15) is 11.4 Å². The average molecular weight is 380 g/mol. The van der Waals surface area contributed by atoms with Crippen LogP contribution < -0.4 is 0 Å². The molecule has 3 nitrogen and oxygen atoms in total. The molecule has 4 aromatic rings. The summed E-state index contributed by atoms with van der Waals surface area (Å²) in [5, 5.41) is 1.18. The Morgan fingerprint density at radius 1 is 0.885 bits per heavy atom. The molecule has 0 saturated carbocycles. The van der Waals surface area contributed by atoms with Crippen molar-refractivity contribution in [2.24, 2.45) is 0 Å². The Bertz CT molecular complexity index is 1030. The third kappa shape index (κ3) is 3.50. The van der Waals surface area contributed by atoms with E-state index < -0.39 is 0 Å². The number of halogens is 2. The Hall–Kier alpha value is -2.62. The van der Waals surface area contributed by atoms with E-state index in [-0.39, 0.29) is 0 Å². The Balaban J connectivity index is 1.83. The van der Waals surface area contributed by atoms with Gasteiger partial charge in [0.15, 0.2) is 0 Å². The van der Waals surface area contributed by atoms with Gasteiger partial charge in [0.05, 0.1) is 16.4 Å². The SMILES string of the molecule is Clc1ccc(-c2nc(Cc3ccncc3)[nH]c2-c2ccccc2)c(Cl)c1. The summed E-state index contributed by atoms with van der Waals surface area (Å²) in [5.41, 5.74) is 4.82. The van der Waals surface area contributed by atoms with Gasteiger partial charge in [-0.15, -0.1) is 0 Å². The molecule has 4 rings (SSSR count). The number of pyridine rings is 1. The first-order chi connectivity index (χ1) is 12.7. The maximum atomic E-state index is 6.45. The lowest BCUT2D eigenvalue weighted by molar-refractivity contribution is 1.02. The minimum absolute atomic E-state index is 0.580. The molecule has 0 aliphatic carbocycles. The van der Waals surface area contributed by atoms with Crippen LogP contribution in [0.2, 0.25) is 10.0 Å². The van der Waals surface area contributed by atoms with Crippen LogP contribution in [0, 0.1) is 0 Å². The van der Waals surface area contributed by atoms with E-state index in [4.69, 9.17) is 28.2 Å². The minimum Gasteiger partial charge on any atom is -0.341 e. The predicted molar refractivity (Wildman–Crippen MR) is 107 cm³/mol. The Kier molecular flexibility index (Phi) is 4.74. The van der Waals surface area contributed by atoms with Crippen LogP contribution in [0.25, 0.3) is 22.5 Å². The fraction of sp³-hybridized carbons (Fsp3) is 0.0476. The zero-order chi connectivity index (χ0) is 17.9. The van der Waals surface area contributed by atoms with E-state index in [1.54, 1.807) is 18.5 Å². The first-order valence-corrected chi connectivity index (χ1v) is 8.95. The second-order valence-electron chi connectivity index (χ2n) is 5.93. The first kappa shape index (κ1) is 16.8. The van der Waals surface area contributed by atoms with Crippen LogP contribution in [-0.2, 0) is 6.42 Å². The second kappa shape index (κ2) is 7.32. The molecule has 0 bridgehead atoms. The van der Waals surface area contributed by atoms with E-state index >= 15 is 0 Å². The van der Waals surface area contributed by atoms with Gasteiger partial charge in [-0.2, -0.15) is 0 Å². The van der Waals surface area contributed by atoms with E-state index in [0.717, 1.165) is 33.9 Å². The molecule has 0 spiro atoms. The molecule has 2 heterocycles. The van der Waals surface area contributed by atoms with Gasteiger partial charge >= 0.3 is 0 Å². The van der Waals surface area contributed by atoms with Gasteiger partial charge < -0.3 is 4.98 Å². The summed E-state index contributed by atoms with van der Waals surface area (Å²) in [7, 11) is 0. The highest BCUT2D eigenvalue weighted by molar-refractivity contribution is 6.36. The molecule has 0 aliphatic rings. The lowest BCUT2D eigenvalue weighted by Gasteiger charge is -2.05. The highest BCUT2D eigenvalue weighted by Crippen LogP contribution is 2.35. The largest absolute Gasteiger partial charge is 0.341 e. The van der Waals surface area contributed by atoms with Crippen molar-refractivity contribution in [2.75, 3.05) is 0 Å². The van der Waals surface area contributed by atoms with Gasteiger partial charge in [-0.1, -0.05) is 53.5 Å². The van der Waals surface area contributed by atoms with Gasteiger partial charge in [0, 0.05) is 35.0 Å². The maximum Gasteiger partial charge on any atom is 0.111 e. The van der Waals surface area contributed by atoms with Crippen molar-refractivity contribution < 1.29 is 0 Å². The monoisotopic (exact) mass is 379 g/mol. The summed E-state index contributed by atoms with van der Waals surface area (Å²) in [4.78, 5) is 12.4. The standard InChI is InChI=1S/C21H15Cl2N3/c22-16-6-7-17(18(23)13-16)21-20(15-4-2-1-3-5-15)25-19(26-21)12-14-8-10-24-11-9-14/h1-11,13H,12H2,(H,25,26). The van der Waals surface area contributed by atoms with Gasteiger partial charge in [0.1, 0.15) is 5.82 Å². The van der Waals surface area contributed by atoms with Gasteiger partial charge in [0.25, 0.3) is 0 Å². The lowest BCUT2D eigenvalue weighted by Crippen LogP contribution is -1.91. The number of aromatic amines is 1. The van der Waals surface area contributed by atoms with E-state index in [0.29, 0.717) is 16.5 Å². The molecule has 0 atom stereocenters. The van der Waals surface area contributed by atoms with Gasteiger partial charge in [0.2, 0.25) is 0 Å². The van der Waals surface area contributed by atoms with Gasteiger partial charge in [-0.3, -0.25) is 4.98 Å². The molecule has 2 aromatic heterocycles. The fourth-order valence-electron chi connectivity index (χ4n) is 2.89. The normalized spacial score (nSPS) is 10.8. The quantitative estimate of drug-likeness (QED) is 0.469. The van der Waals surface area contributed by atoms with Crippen LogP contribution in [0.4, 0.5) is 0 Å². The predicted octanol–water partition coefficient (Wildman–Crippen LogP) is 6.04. The summed E-state index contributed by atoms with van der Waals surface area (Å²) < 4.78 is 0. The lowest BCUT2D eigenvalue weighted by atomic mass is 10.1. The van der Waals surface area contributed by atoms with Crippen molar-refractivity contribution in [3.63, 3.8) is 0 Å². The Morgan fingerprint density at radius 2 is 1.65 bits per heavy atom. The van der Waals surface area contributed by atoms with Crippen LogP contribution in [0.3, 0.4) is 0 Å². The van der Waals surface area contributed by atoms with Crippen LogP contribution in [-0.4, -0.2) is 15.0 Å². The number of hydrogen-bond donors (Lipinski definition) is 1. The van der Waals surface area contributed by atoms with Crippen LogP contribution in [0.5, 0.6) is 0 Å². The molecule has 1 N–H and O–H groups in total. The van der Waals surface area contributed by atoms with Gasteiger partial charge in [-0.05, 0) is 35.9 Å². The van der Waals surface area contributed by atoms with Crippen LogP contribution in [0.15, 0.2) is 73.1 Å². The number of H-pyrrole nitrogens is 1. The number of hydrogen-bond acceptors (Lipinski definition) is 2. The van der Waals surface area contributed by atoms with Crippen molar-refractivity contribution in [3.05, 3.63) is 94.5 Å². The van der Waals surface area contributed by atoms with Crippen molar-refractivity contribution >= 4 is 23.2 Å². The smallest absolute Gasteiger partial charge is 0.111 e. The van der Waals surface area contributed by atoms with Crippen molar-refractivity contribution in [2.45, 2.75) is 6.42 Å². The zero-order valence-corrected chi connectivity index (χ0v) is 15.3.